The van der Waals surface area contributed by atoms with Crippen LogP contribution < -0.4 is 5.32 Å². The van der Waals surface area contributed by atoms with Crippen LogP contribution >= 0.6 is 23.1 Å². The van der Waals surface area contributed by atoms with Crippen LogP contribution in [0.1, 0.15) is 30.9 Å². The van der Waals surface area contributed by atoms with Crippen molar-refractivity contribution >= 4 is 33.2 Å². The van der Waals surface area contributed by atoms with Gasteiger partial charge in [-0.15, -0.1) is 23.1 Å². The first-order valence-corrected chi connectivity index (χ1v) is 12.1. The molecule has 0 fully saturated rings. The zero-order chi connectivity index (χ0) is 20.5. The minimum atomic E-state index is -0.285. The minimum absolute atomic E-state index is 0.285. The van der Waals surface area contributed by atoms with Gasteiger partial charge >= 0.3 is 0 Å². The molecule has 1 N–H and O–H groups in total. The summed E-state index contributed by atoms with van der Waals surface area (Å²) in [5.74, 6) is 0.872. The second kappa shape index (κ2) is 11.1. The van der Waals surface area contributed by atoms with E-state index < -0.39 is 0 Å². The molecule has 1 heterocycles. The van der Waals surface area contributed by atoms with Crippen molar-refractivity contribution in [1.82, 2.24) is 5.32 Å². The van der Waals surface area contributed by atoms with Gasteiger partial charge in [0.05, 0.1) is 7.11 Å². The Hall–Kier alpha value is -1.37. The summed E-state index contributed by atoms with van der Waals surface area (Å²) in [5.41, 5.74) is 2.43. The van der Waals surface area contributed by atoms with E-state index in [0.717, 1.165) is 38.1 Å². The third-order valence-electron chi connectivity index (χ3n) is 5.32. The highest BCUT2D eigenvalue weighted by atomic mass is 32.2. The molecule has 1 aromatic heterocycles. The molecular weight excluding hydrogens is 398 g/mol. The average Bonchev–Trinajstić information content (AvgIpc) is 3.16. The number of benzene rings is 2. The van der Waals surface area contributed by atoms with E-state index in [4.69, 9.17) is 9.78 Å². The van der Waals surface area contributed by atoms with Crippen molar-refractivity contribution in [2.75, 3.05) is 26.0 Å². The Kier molecular flexibility index (Phi) is 8.57. The number of thioether (sulfide) groups is 1. The Bertz CT molecular complexity index is 878. The van der Waals surface area contributed by atoms with E-state index in [0.29, 0.717) is 0 Å². The van der Waals surface area contributed by atoms with E-state index in [1.54, 1.807) is 7.11 Å². The highest BCUT2D eigenvalue weighted by Gasteiger charge is 2.30. The zero-order valence-corrected chi connectivity index (χ0v) is 19.2. The number of hydrogen-bond acceptors (Lipinski definition) is 5. The lowest BCUT2D eigenvalue weighted by Gasteiger charge is -2.30. The van der Waals surface area contributed by atoms with Crippen molar-refractivity contribution in [2.45, 2.75) is 43.6 Å². The molecule has 0 saturated heterocycles. The predicted octanol–water partition coefficient (Wildman–Crippen LogP) is 6.25. The molecule has 2 aromatic carbocycles. The van der Waals surface area contributed by atoms with E-state index in [1.165, 1.54) is 26.1 Å². The SMILES string of the molecule is CCC(CCNCCc1csc2ccccc12)(CSc1ccc(C)cc1)OOC. The van der Waals surface area contributed by atoms with Crippen LogP contribution in [-0.2, 0) is 16.2 Å². The molecule has 0 amide bonds. The number of fused-ring (bicyclic) bond motifs is 1. The summed E-state index contributed by atoms with van der Waals surface area (Å²) >= 11 is 3.66. The fourth-order valence-electron chi connectivity index (χ4n) is 3.39. The van der Waals surface area contributed by atoms with Crippen molar-refractivity contribution in [2.24, 2.45) is 0 Å². The molecule has 1 atom stereocenters. The van der Waals surface area contributed by atoms with Crippen molar-refractivity contribution in [1.29, 1.82) is 0 Å². The van der Waals surface area contributed by atoms with Crippen LogP contribution in [0.2, 0.25) is 0 Å². The highest BCUT2D eigenvalue weighted by molar-refractivity contribution is 7.99. The molecule has 156 valence electrons. The third kappa shape index (κ3) is 6.30. The Morgan fingerprint density at radius 3 is 2.62 bits per heavy atom. The van der Waals surface area contributed by atoms with Gasteiger partial charge in [-0.2, -0.15) is 0 Å². The van der Waals surface area contributed by atoms with Gasteiger partial charge < -0.3 is 5.32 Å². The molecule has 3 rings (SSSR count). The maximum absolute atomic E-state index is 5.78. The van der Waals surface area contributed by atoms with Gasteiger partial charge in [0.15, 0.2) is 0 Å². The second-order valence-electron chi connectivity index (χ2n) is 7.40. The van der Waals surface area contributed by atoms with Crippen molar-refractivity contribution in [3.63, 3.8) is 0 Å². The van der Waals surface area contributed by atoms with Crippen molar-refractivity contribution in [3.05, 3.63) is 65.0 Å². The summed E-state index contributed by atoms with van der Waals surface area (Å²) in [4.78, 5) is 12.2. The Labute approximate surface area is 182 Å². The Balaban J connectivity index is 1.48. The summed E-state index contributed by atoms with van der Waals surface area (Å²) in [6, 6.07) is 17.3. The van der Waals surface area contributed by atoms with Gasteiger partial charge in [0.2, 0.25) is 0 Å². The lowest BCUT2D eigenvalue weighted by atomic mass is 9.99. The van der Waals surface area contributed by atoms with Gasteiger partial charge in [-0.3, -0.25) is 0 Å². The van der Waals surface area contributed by atoms with E-state index >= 15 is 0 Å². The average molecular weight is 430 g/mol. The minimum Gasteiger partial charge on any atom is -0.316 e. The summed E-state index contributed by atoms with van der Waals surface area (Å²) in [6.07, 6.45) is 2.88. The maximum atomic E-state index is 5.78. The first-order valence-electron chi connectivity index (χ1n) is 10.2. The second-order valence-corrected chi connectivity index (χ2v) is 9.36. The number of hydrogen-bond donors (Lipinski definition) is 1. The van der Waals surface area contributed by atoms with Gasteiger partial charge in [0.25, 0.3) is 0 Å². The van der Waals surface area contributed by atoms with Crippen molar-refractivity contribution < 1.29 is 9.78 Å². The lowest BCUT2D eigenvalue weighted by molar-refractivity contribution is -0.340. The third-order valence-corrected chi connectivity index (χ3v) is 7.61. The monoisotopic (exact) mass is 429 g/mol. The van der Waals surface area contributed by atoms with Crippen LogP contribution in [0.4, 0.5) is 0 Å². The van der Waals surface area contributed by atoms with Crippen LogP contribution in [0.25, 0.3) is 10.1 Å². The first kappa shape index (κ1) is 22.3. The largest absolute Gasteiger partial charge is 0.316 e. The lowest BCUT2D eigenvalue weighted by Crippen LogP contribution is -2.38. The molecule has 0 aliphatic carbocycles. The van der Waals surface area contributed by atoms with Gasteiger partial charge in [0.1, 0.15) is 5.60 Å². The maximum Gasteiger partial charge on any atom is 0.114 e. The van der Waals surface area contributed by atoms with Crippen LogP contribution in [-0.4, -0.2) is 31.6 Å². The summed E-state index contributed by atoms with van der Waals surface area (Å²) in [7, 11) is 1.61. The van der Waals surface area contributed by atoms with E-state index in [2.05, 4.69) is 73.1 Å². The molecule has 0 spiro atoms. The fourth-order valence-corrected chi connectivity index (χ4v) is 5.54. The van der Waals surface area contributed by atoms with Gasteiger partial charge in [0, 0.05) is 15.3 Å². The molecule has 3 nitrogen and oxygen atoms in total. The Morgan fingerprint density at radius 1 is 1.07 bits per heavy atom. The molecule has 5 heteroatoms. The molecule has 29 heavy (non-hydrogen) atoms. The van der Waals surface area contributed by atoms with Gasteiger partial charge in [-0.05, 0) is 73.8 Å². The Morgan fingerprint density at radius 2 is 1.86 bits per heavy atom. The van der Waals surface area contributed by atoms with E-state index in [1.807, 2.05) is 23.1 Å². The standard InChI is InChI=1S/C24H31NO2S2/c1-4-24(27-26-3,18-29-21-11-9-19(2)10-12-21)14-16-25-15-13-20-17-28-23-8-6-5-7-22(20)23/h5-12,17,25H,4,13-16,18H2,1-3H3. The molecule has 0 aliphatic rings. The van der Waals surface area contributed by atoms with Crippen LogP contribution in [0.15, 0.2) is 58.8 Å². The molecule has 1 unspecified atom stereocenters. The summed E-state index contributed by atoms with van der Waals surface area (Å²) in [6.45, 7) is 6.17. The number of aryl methyl sites for hydroxylation is 1. The van der Waals surface area contributed by atoms with Crippen LogP contribution in [0, 0.1) is 6.92 Å². The van der Waals surface area contributed by atoms with E-state index in [-0.39, 0.29) is 5.60 Å². The molecule has 0 radical (unpaired) electrons. The predicted molar refractivity (Wildman–Crippen MR) is 126 cm³/mol. The normalized spacial score (nSPS) is 13.6. The number of thiophene rings is 1. The summed E-state index contributed by atoms with van der Waals surface area (Å²) < 4.78 is 1.37. The van der Waals surface area contributed by atoms with Crippen LogP contribution in [0.5, 0.6) is 0 Å². The molecule has 0 saturated carbocycles. The smallest absolute Gasteiger partial charge is 0.114 e. The molecule has 3 aromatic rings. The van der Waals surface area contributed by atoms with Crippen LogP contribution in [0.3, 0.4) is 0 Å². The zero-order valence-electron chi connectivity index (χ0n) is 17.6. The highest BCUT2D eigenvalue weighted by Crippen LogP contribution is 2.30. The van der Waals surface area contributed by atoms with Crippen molar-refractivity contribution in [3.8, 4) is 0 Å². The van der Waals surface area contributed by atoms with E-state index in [9.17, 15) is 0 Å². The molecular formula is C24H31NO2S2. The summed E-state index contributed by atoms with van der Waals surface area (Å²) in [5, 5.41) is 7.28. The quantitative estimate of drug-likeness (QED) is 0.159. The number of rotatable bonds is 12. The molecule has 0 bridgehead atoms. The molecule has 0 aliphatic heterocycles. The van der Waals surface area contributed by atoms with Gasteiger partial charge in [-0.1, -0.05) is 42.8 Å². The fraction of sp³-hybridized carbons (Fsp3) is 0.417. The topological polar surface area (TPSA) is 30.5 Å². The number of nitrogens with one attached hydrogen (secondary N) is 1. The van der Waals surface area contributed by atoms with Gasteiger partial charge in [-0.25, -0.2) is 9.78 Å². The first-order chi connectivity index (χ1) is 14.2.